The molecule has 3 heteroatoms. The van der Waals surface area contributed by atoms with Crippen molar-refractivity contribution >= 4 is 34.0 Å². The van der Waals surface area contributed by atoms with E-state index in [4.69, 9.17) is 0 Å². The van der Waals surface area contributed by atoms with E-state index < -0.39 is 0 Å². The van der Waals surface area contributed by atoms with E-state index in [2.05, 4.69) is 45.3 Å². The number of hydrogen-bond acceptors (Lipinski definition) is 3. The van der Waals surface area contributed by atoms with Gasteiger partial charge >= 0.3 is 0 Å². The average Bonchev–Trinajstić information content (AvgIpc) is 2.60. The number of rotatable bonds is 2. The van der Waals surface area contributed by atoms with E-state index in [1.165, 1.54) is 0 Å². The molecule has 104 valence electrons. The second kappa shape index (κ2) is 5.37. The third-order valence-electron chi connectivity index (χ3n) is 3.68. The van der Waals surface area contributed by atoms with Crippen LogP contribution in [0.5, 0.6) is 0 Å². The van der Waals surface area contributed by atoms with Crippen molar-refractivity contribution in [1.29, 1.82) is 0 Å². The van der Waals surface area contributed by atoms with Crippen LogP contribution in [0.2, 0.25) is 0 Å². The van der Waals surface area contributed by atoms with Gasteiger partial charge in [0.2, 0.25) is 0 Å². The molecule has 0 spiro atoms. The normalized spacial score (nSPS) is 11.5. The van der Waals surface area contributed by atoms with Crippen molar-refractivity contribution in [2.24, 2.45) is 0 Å². The summed E-state index contributed by atoms with van der Waals surface area (Å²) < 4.78 is 0. The van der Waals surface area contributed by atoms with Gasteiger partial charge in [-0.3, -0.25) is 15.0 Å². The largest absolute Gasteiger partial charge is 0.265 e. The van der Waals surface area contributed by atoms with Gasteiger partial charge in [0, 0.05) is 35.6 Å². The number of benzene rings is 1. The maximum absolute atomic E-state index is 4.52. The zero-order valence-corrected chi connectivity index (χ0v) is 11.8. The summed E-state index contributed by atoms with van der Waals surface area (Å²) in [5, 5.41) is 2.22. The lowest BCUT2D eigenvalue weighted by molar-refractivity contribution is 1.32. The lowest BCUT2D eigenvalue weighted by atomic mass is 10.0. The molecule has 0 amide bonds. The van der Waals surface area contributed by atoms with Gasteiger partial charge in [-0.25, -0.2) is 0 Å². The first kappa shape index (κ1) is 12.7. The summed E-state index contributed by atoms with van der Waals surface area (Å²) in [4.78, 5) is 13.0. The van der Waals surface area contributed by atoms with Crippen LogP contribution >= 0.6 is 0 Å². The number of nitrogens with zero attached hydrogens (tertiary/aromatic N) is 3. The molecular weight excluding hydrogens is 270 g/mol. The van der Waals surface area contributed by atoms with Gasteiger partial charge in [0.05, 0.1) is 11.0 Å². The highest BCUT2D eigenvalue weighted by Crippen LogP contribution is 2.25. The average molecular weight is 283 g/mol. The van der Waals surface area contributed by atoms with Crippen molar-refractivity contribution in [2.75, 3.05) is 0 Å². The smallest absolute Gasteiger partial charge is 0.0970 e. The fourth-order valence-electron chi connectivity index (χ4n) is 2.58. The molecule has 0 fully saturated rings. The Labute approximate surface area is 128 Å². The van der Waals surface area contributed by atoms with Gasteiger partial charge in [0.25, 0.3) is 0 Å². The van der Waals surface area contributed by atoms with Crippen LogP contribution in [0.15, 0.2) is 67.3 Å². The Morgan fingerprint density at radius 3 is 2.45 bits per heavy atom. The number of fused-ring (bicyclic) bond motifs is 3. The predicted molar refractivity (Wildman–Crippen MR) is 90.2 cm³/mol. The van der Waals surface area contributed by atoms with E-state index in [1.54, 1.807) is 12.4 Å². The third kappa shape index (κ3) is 2.23. The maximum Gasteiger partial charge on any atom is 0.0970 e. The van der Waals surface area contributed by atoms with E-state index in [0.717, 1.165) is 32.9 Å². The van der Waals surface area contributed by atoms with Crippen LogP contribution in [-0.2, 0) is 0 Å². The van der Waals surface area contributed by atoms with E-state index in [0.29, 0.717) is 0 Å². The zero-order valence-electron chi connectivity index (χ0n) is 11.8. The van der Waals surface area contributed by atoms with Crippen molar-refractivity contribution in [3.05, 3.63) is 78.4 Å². The van der Waals surface area contributed by atoms with Crippen molar-refractivity contribution < 1.29 is 0 Å². The van der Waals surface area contributed by atoms with Crippen LogP contribution in [0.1, 0.15) is 11.1 Å². The highest BCUT2D eigenvalue weighted by atomic mass is 14.7. The van der Waals surface area contributed by atoms with Gasteiger partial charge < -0.3 is 0 Å². The van der Waals surface area contributed by atoms with E-state index in [-0.39, 0.29) is 0 Å². The molecule has 0 radical (unpaired) electrons. The van der Waals surface area contributed by atoms with Gasteiger partial charge in [0.15, 0.2) is 0 Å². The molecule has 4 aromatic rings. The Morgan fingerprint density at radius 1 is 0.682 bits per heavy atom. The molecule has 0 bridgehead atoms. The van der Waals surface area contributed by atoms with Gasteiger partial charge in [0.1, 0.15) is 0 Å². The van der Waals surface area contributed by atoms with Crippen LogP contribution in [0.3, 0.4) is 0 Å². The Hall–Kier alpha value is -3.07. The highest BCUT2D eigenvalue weighted by molar-refractivity contribution is 6.05. The fourth-order valence-corrected chi connectivity index (χ4v) is 2.58. The lowest BCUT2D eigenvalue weighted by Crippen LogP contribution is -1.87. The molecular formula is C19H13N3. The first-order valence-electron chi connectivity index (χ1n) is 7.12. The second-order valence-electron chi connectivity index (χ2n) is 5.05. The summed E-state index contributed by atoms with van der Waals surface area (Å²) in [6, 6.07) is 14.2. The van der Waals surface area contributed by atoms with Crippen LogP contribution in [0, 0.1) is 0 Å². The standard InChI is InChI=1S/C19H13N3/c1-2-16-5-6-17-15(4-3-14-7-11-20-12-8-14)9-13-22-19(17)18(16)21-10-1/h1-13H/b4-3+. The Balaban J connectivity index is 1.88. The SMILES string of the molecule is C(=C\c1ccnc2c1ccc1cccnc12)/c1ccncc1. The summed E-state index contributed by atoms with van der Waals surface area (Å²) in [6.07, 6.45) is 11.4. The minimum Gasteiger partial charge on any atom is -0.265 e. The molecule has 0 saturated carbocycles. The van der Waals surface area contributed by atoms with Crippen LogP contribution < -0.4 is 0 Å². The second-order valence-corrected chi connectivity index (χ2v) is 5.05. The molecule has 1 aromatic carbocycles. The Kier molecular flexibility index (Phi) is 3.09. The minimum absolute atomic E-state index is 0.940. The van der Waals surface area contributed by atoms with Gasteiger partial charge in [-0.15, -0.1) is 0 Å². The molecule has 3 heterocycles. The number of aromatic nitrogens is 3. The third-order valence-corrected chi connectivity index (χ3v) is 3.68. The molecule has 0 unspecified atom stereocenters. The van der Waals surface area contributed by atoms with E-state index in [1.807, 2.05) is 36.7 Å². The van der Waals surface area contributed by atoms with Gasteiger partial charge in [-0.05, 0) is 35.4 Å². The number of hydrogen-bond donors (Lipinski definition) is 0. The summed E-state index contributed by atoms with van der Waals surface area (Å²) in [7, 11) is 0. The molecule has 3 aromatic heterocycles. The van der Waals surface area contributed by atoms with Gasteiger partial charge in [-0.2, -0.15) is 0 Å². The molecule has 22 heavy (non-hydrogen) atoms. The summed E-state index contributed by atoms with van der Waals surface area (Å²) >= 11 is 0. The quantitative estimate of drug-likeness (QED) is 0.513. The first-order valence-corrected chi connectivity index (χ1v) is 7.12. The molecule has 3 nitrogen and oxygen atoms in total. The van der Waals surface area contributed by atoms with Crippen molar-refractivity contribution in [1.82, 2.24) is 15.0 Å². The van der Waals surface area contributed by atoms with Crippen molar-refractivity contribution in [3.8, 4) is 0 Å². The molecule has 0 N–H and O–H groups in total. The van der Waals surface area contributed by atoms with Crippen molar-refractivity contribution in [2.45, 2.75) is 0 Å². The summed E-state index contributed by atoms with van der Waals surface area (Å²) in [6.45, 7) is 0. The number of pyridine rings is 3. The minimum atomic E-state index is 0.940. The predicted octanol–water partition coefficient (Wildman–Crippen LogP) is 4.35. The van der Waals surface area contributed by atoms with Crippen LogP contribution in [0.25, 0.3) is 34.0 Å². The summed E-state index contributed by atoms with van der Waals surface area (Å²) in [5.41, 5.74) is 4.14. The Bertz CT molecular complexity index is 975. The fraction of sp³-hybridized carbons (Fsp3) is 0. The molecule has 0 aliphatic carbocycles. The van der Waals surface area contributed by atoms with Crippen molar-refractivity contribution in [3.63, 3.8) is 0 Å². The summed E-state index contributed by atoms with van der Waals surface area (Å²) in [5.74, 6) is 0. The molecule has 0 atom stereocenters. The van der Waals surface area contributed by atoms with E-state index in [9.17, 15) is 0 Å². The molecule has 4 rings (SSSR count). The highest BCUT2D eigenvalue weighted by Gasteiger charge is 2.04. The lowest BCUT2D eigenvalue weighted by Gasteiger charge is -2.04. The van der Waals surface area contributed by atoms with Crippen LogP contribution in [0.4, 0.5) is 0 Å². The molecule has 0 saturated heterocycles. The monoisotopic (exact) mass is 283 g/mol. The molecule has 0 aliphatic heterocycles. The molecule has 0 aliphatic rings. The topological polar surface area (TPSA) is 38.7 Å². The zero-order chi connectivity index (χ0) is 14.8. The van der Waals surface area contributed by atoms with Gasteiger partial charge in [-0.1, -0.05) is 30.4 Å². The first-order chi connectivity index (χ1) is 10.9. The van der Waals surface area contributed by atoms with Crippen LogP contribution in [-0.4, -0.2) is 15.0 Å². The Morgan fingerprint density at radius 2 is 1.55 bits per heavy atom. The maximum atomic E-state index is 4.52. The van der Waals surface area contributed by atoms with E-state index >= 15 is 0 Å².